The molecular weight excluding hydrogens is 438 g/mol. The van der Waals surface area contributed by atoms with E-state index in [1.807, 2.05) is 47.2 Å². The molecule has 1 N–H and O–H groups in total. The number of hydroxylamine groups is 2. The van der Waals surface area contributed by atoms with Crippen LogP contribution in [0.5, 0.6) is 0 Å². The Labute approximate surface area is 206 Å². The van der Waals surface area contributed by atoms with Gasteiger partial charge in [0, 0.05) is 37.2 Å². The molecule has 3 heterocycles. The zero-order chi connectivity index (χ0) is 24.5. The maximum Gasteiger partial charge on any atom is 0.254 e. The van der Waals surface area contributed by atoms with Gasteiger partial charge in [-0.25, -0.2) is 4.98 Å². The minimum Gasteiger partial charge on any atom is -0.340 e. The van der Waals surface area contributed by atoms with Gasteiger partial charge in [-0.3, -0.25) is 4.79 Å². The summed E-state index contributed by atoms with van der Waals surface area (Å²) >= 11 is 0. The average molecular weight is 470 g/mol. The van der Waals surface area contributed by atoms with Crippen LogP contribution in [-0.4, -0.2) is 52.6 Å². The number of hydrogen-bond acceptors (Lipinski definition) is 5. The van der Waals surface area contributed by atoms with E-state index in [1.54, 1.807) is 7.11 Å². The molecule has 0 unspecified atom stereocenters. The monoisotopic (exact) mass is 469 g/mol. The summed E-state index contributed by atoms with van der Waals surface area (Å²) in [6, 6.07) is 14.1. The van der Waals surface area contributed by atoms with Crippen LogP contribution >= 0.6 is 0 Å². The Balaban J connectivity index is 1.33. The molecule has 1 saturated heterocycles. The Morgan fingerprint density at radius 2 is 1.86 bits per heavy atom. The minimum atomic E-state index is 0.0870. The van der Waals surface area contributed by atoms with Gasteiger partial charge in [0.15, 0.2) is 0 Å². The lowest BCUT2D eigenvalue weighted by atomic mass is 9.88. The van der Waals surface area contributed by atoms with Crippen molar-refractivity contribution < 1.29 is 9.63 Å². The van der Waals surface area contributed by atoms with Gasteiger partial charge in [-0.05, 0) is 67.5 Å². The van der Waals surface area contributed by atoms with Crippen molar-refractivity contribution in [2.24, 2.45) is 0 Å². The second kappa shape index (κ2) is 9.65. The molecule has 1 amide bonds. The Kier molecular flexibility index (Phi) is 6.42. The van der Waals surface area contributed by atoms with Gasteiger partial charge in [-0.15, -0.1) is 0 Å². The number of benzene rings is 2. The van der Waals surface area contributed by atoms with Gasteiger partial charge >= 0.3 is 0 Å². The summed E-state index contributed by atoms with van der Waals surface area (Å²) in [5.41, 5.74) is 7.90. The second-order valence-electron chi connectivity index (χ2n) is 9.59. The molecule has 0 aliphatic carbocycles. The van der Waals surface area contributed by atoms with Gasteiger partial charge in [0.25, 0.3) is 5.91 Å². The molecule has 1 aromatic heterocycles. The minimum absolute atomic E-state index is 0.0870. The van der Waals surface area contributed by atoms with E-state index < -0.39 is 0 Å². The molecule has 0 bridgehead atoms. The highest BCUT2D eigenvalue weighted by Crippen LogP contribution is 2.31. The van der Waals surface area contributed by atoms with Gasteiger partial charge in [0.1, 0.15) is 5.82 Å². The lowest BCUT2D eigenvalue weighted by Crippen LogP contribution is -2.38. The molecule has 2 aliphatic heterocycles. The van der Waals surface area contributed by atoms with Crippen molar-refractivity contribution in [1.82, 2.24) is 19.9 Å². The van der Waals surface area contributed by atoms with Crippen molar-refractivity contribution in [2.45, 2.75) is 45.6 Å². The maximum absolute atomic E-state index is 13.6. The molecule has 180 valence electrons. The zero-order valence-corrected chi connectivity index (χ0v) is 20.6. The fourth-order valence-electron chi connectivity index (χ4n) is 5.31. The Bertz CT molecular complexity index is 1280. The number of nitriles is 1. The number of piperidine rings is 1. The molecule has 2 aliphatic rings. The van der Waals surface area contributed by atoms with Crippen LogP contribution in [0.4, 0.5) is 0 Å². The number of imidazole rings is 1. The summed E-state index contributed by atoms with van der Waals surface area (Å²) in [7, 11) is 1.69. The summed E-state index contributed by atoms with van der Waals surface area (Å²) in [4.78, 5) is 29.3. The summed E-state index contributed by atoms with van der Waals surface area (Å²) in [6.07, 6.45) is 2.69. The van der Waals surface area contributed by atoms with Crippen LogP contribution < -0.4 is 0 Å². The van der Waals surface area contributed by atoms with Crippen molar-refractivity contribution in [3.05, 3.63) is 75.6 Å². The molecule has 35 heavy (non-hydrogen) atoms. The van der Waals surface area contributed by atoms with E-state index in [-0.39, 0.29) is 5.91 Å². The Morgan fingerprint density at radius 1 is 1.11 bits per heavy atom. The van der Waals surface area contributed by atoms with E-state index in [2.05, 4.69) is 24.0 Å². The number of H-pyrrole nitrogens is 1. The summed E-state index contributed by atoms with van der Waals surface area (Å²) in [5.74, 6) is 1.32. The third-order valence-electron chi connectivity index (χ3n) is 7.41. The first kappa shape index (κ1) is 23.3. The molecule has 5 rings (SSSR count). The van der Waals surface area contributed by atoms with Crippen LogP contribution in [0, 0.1) is 25.2 Å². The molecule has 7 heteroatoms. The summed E-state index contributed by atoms with van der Waals surface area (Å²) in [6.45, 7) is 7.05. The first-order valence-electron chi connectivity index (χ1n) is 12.2. The summed E-state index contributed by atoms with van der Waals surface area (Å²) in [5, 5.41) is 11.0. The van der Waals surface area contributed by atoms with E-state index >= 15 is 0 Å². The van der Waals surface area contributed by atoms with Crippen LogP contribution in [0.2, 0.25) is 0 Å². The van der Waals surface area contributed by atoms with Gasteiger partial charge < -0.3 is 14.7 Å². The normalized spacial score (nSPS) is 16.7. The van der Waals surface area contributed by atoms with Gasteiger partial charge in [-0.1, -0.05) is 18.2 Å². The quantitative estimate of drug-likeness (QED) is 0.608. The maximum atomic E-state index is 13.6. The smallest absolute Gasteiger partial charge is 0.254 e. The number of fused-ring (bicyclic) bond motifs is 1. The third kappa shape index (κ3) is 4.60. The number of amides is 1. The molecule has 0 radical (unpaired) electrons. The molecule has 3 aromatic rings. The largest absolute Gasteiger partial charge is 0.340 e. The number of rotatable bonds is 4. The SMILES string of the molecule is CON1CCc2nc(-c3cc(C(=O)N4CCC(c5ccc(C#N)cc5)CC4)c(C)cc3C)[nH]c2C1. The topological polar surface area (TPSA) is 85.2 Å². The molecule has 0 spiro atoms. The molecule has 0 atom stereocenters. The number of aromatic amines is 1. The standard InChI is InChI=1S/C28H31N5O2/c1-18-14-19(2)24(15-23(18)27-30-25-10-13-33(35-3)17-26(25)31-27)28(34)32-11-8-22(9-12-32)21-6-4-20(16-29)5-7-21/h4-7,14-15,22H,8-13,17H2,1-3H3,(H,30,31). The fraction of sp³-hybridized carbons (Fsp3) is 0.393. The number of nitrogens with one attached hydrogen (secondary N) is 1. The van der Waals surface area contributed by atoms with Gasteiger partial charge in [-0.2, -0.15) is 10.3 Å². The van der Waals surface area contributed by atoms with E-state index in [4.69, 9.17) is 15.1 Å². The fourth-order valence-corrected chi connectivity index (χ4v) is 5.31. The van der Waals surface area contributed by atoms with Gasteiger partial charge in [0.05, 0.1) is 36.7 Å². The lowest BCUT2D eigenvalue weighted by molar-refractivity contribution is -0.142. The zero-order valence-electron chi connectivity index (χ0n) is 20.6. The highest BCUT2D eigenvalue weighted by atomic mass is 16.7. The van der Waals surface area contributed by atoms with E-state index in [0.29, 0.717) is 18.0 Å². The number of aromatic nitrogens is 2. The number of carbonyl (C=O) groups excluding carboxylic acids is 1. The van der Waals surface area contributed by atoms with Crippen LogP contribution in [0.1, 0.15) is 62.8 Å². The number of aryl methyl sites for hydroxylation is 2. The average Bonchev–Trinajstić information content (AvgIpc) is 3.31. The van der Waals surface area contributed by atoms with Gasteiger partial charge in [0.2, 0.25) is 0 Å². The van der Waals surface area contributed by atoms with Crippen molar-refractivity contribution in [2.75, 3.05) is 26.7 Å². The molecule has 7 nitrogen and oxygen atoms in total. The first-order chi connectivity index (χ1) is 17.0. The molecular formula is C28H31N5O2. The van der Waals surface area contributed by atoms with Crippen LogP contribution in [0.25, 0.3) is 11.4 Å². The van der Waals surface area contributed by atoms with Crippen LogP contribution in [0.3, 0.4) is 0 Å². The third-order valence-corrected chi connectivity index (χ3v) is 7.41. The first-order valence-corrected chi connectivity index (χ1v) is 12.2. The lowest BCUT2D eigenvalue weighted by Gasteiger charge is -2.32. The van der Waals surface area contributed by atoms with Crippen molar-refractivity contribution in [1.29, 1.82) is 5.26 Å². The van der Waals surface area contributed by atoms with Crippen LogP contribution in [0.15, 0.2) is 36.4 Å². The number of hydrogen-bond donors (Lipinski definition) is 1. The molecule has 2 aromatic carbocycles. The number of nitrogens with zero attached hydrogens (tertiary/aromatic N) is 4. The highest BCUT2D eigenvalue weighted by Gasteiger charge is 2.27. The van der Waals surface area contributed by atoms with E-state index in [0.717, 1.165) is 78.4 Å². The van der Waals surface area contributed by atoms with Crippen molar-refractivity contribution in [3.8, 4) is 17.5 Å². The summed E-state index contributed by atoms with van der Waals surface area (Å²) < 4.78 is 0. The second-order valence-corrected chi connectivity index (χ2v) is 9.59. The number of carbonyl (C=O) groups is 1. The molecule has 0 saturated carbocycles. The van der Waals surface area contributed by atoms with Crippen LogP contribution in [-0.2, 0) is 17.8 Å². The van der Waals surface area contributed by atoms with E-state index in [1.165, 1.54) is 5.56 Å². The Morgan fingerprint density at radius 3 is 2.54 bits per heavy atom. The predicted octanol–water partition coefficient (Wildman–Crippen LogP) is 4.50. The predicted molar refractivity (Wildman–Crippen MR) is 134 cm³/mol. The highest BCUT2D eigenvalue weighted by molar-refractivity contribution is 5.97. The van der Waals surface area contributed by atoms with Crippen molar-refractivity contribution in [3.63, 3.8) is 0 Å². The molecule has 1 fully saturated rings. The Hall–Kier alpha value is -3.47. The van der Waals surface area contributed by atoms with Crippen molar-refractivity contribution >= 4 is 5.91 Å². The van der Waals surface area contributed by atoms with E-state index in [9.17, 15) is 4.79 Å². The number of likely N-dealkylation sites (tertiary alicyclic amines) is 1.